The van der Waals surface area contributed by atoms with Crippen LogP contribution in [-0.2, 0) is 14.3 Å². The van der Waals surface area contributed by atoms with Crippen molar-refractivity contribution in [3.8, 4) is 5.75 Å². The second-order valence-corrected chi connectivity index (χ2v) is 10.3. The average Bonchev–Trinajstić information content (AvgIpc) is 3.35. The molecule has 2 aromatic carbocycles. The smallest absolute Gasteiger partial charge is 0.338 e. The van der Waals surface area contributed by atoms with Crippen LogP contribution in [-0.4, -0.2) is 35.7 Å². The molecule has 0 saturated carbocycles. The van der Waals surface area contributed by atoms with Crippen LogP contribution in [0.1, 0.15) is 51.8 Å². The number of fused-ring (bicyclic) bond motifs is 2. The molecule has 0 aliphatic carbocycles. The highest BCUT2D eigenvalue weighted by Crippen LogP contribution is 2.35. The lowest BCUT2D eigenvalue weighted by atomic mass is 9.95. The van der Waals surface area contributed by atoms with Crippen molar-refractivity contribution in [2.24, 2.45) is 4.99 Å². The molecule has 2 aliphatic rings. The van der Waals surface area contributed by atoms with Crippen LogP contribution >= 0.6 is 11.3 Å². The van der Waals surface area contributed by atoms with Crippen molar-refractivity contribution in [1.82, 2.24) is 4.57 Å². The minimum Gasteiger partial charge on any atom is -0.494 e. The quantitative estimate of drug-likeness (QED) is 0.455. The van der Waals surface area contributed by atoms with Crippen LogP contribution in [0.2, 0.25) is 0 Å². The predicted octanol–water partition coefficient (Wildman–Crippen LogP) is 3.32. The Morgan fingerprint density at radius 2 is 1.79 bits per heavy atom. The molecule has 8 nitrogen and oxygen atoms in total. The summed E-state index contributed by atoms with van der Waals surface area (Å²) in [7, 11) is 0. The van der Waals surface area contributed by atoms with E-state index in [1.165, 1.54) is 15.9 Å². The summed E-state index contributed by atoms with van der Waals surface area (Å²) >= 11 is 1.17. The number of carbonyl (C=O) groups excluding carboxylic acids is 2. The lowest BCUT2D eigenvalue weighted by Crippen LogP contribution is -2.41. The summed E-state index contributed by atoms with van der Waals surface area (Å²) in [5.74, 6) is -0.0602. The number of hydrogen-bond acceptors (Lipinski definition) is 7. The van der Waals surface area contributed by atoms with Gasteiger partial charge < -0.3 is 14.4 Å². The number of ether oxygens (including phenoxy) is 2. The fraction of sp³-hybridized carbons (Fsp3) is 0.310. The minimum absolute atomic E-state index is 0.216. The van der Waals surface area contributed by atoms with Gasteiger partial charge in [0.2, 0.25) is 0 Å². The van der Waals surface area contributed by atoms with Crippen LogP contribution in [0.5, 0.6) is 5.75 Å². The average molecular weight is 532 g/mol. The third-order valence-corrected chi connectivity index (χ3v) is 7.59. The number of amides is 1. The Bertz CT molecular complexity index is 1650. The molecule has 0 radical (unpaired) electrons. The number of rotatable bonds is 6. The molecular formula is C29H29N3O5S. The Morgan fingerprint density at radius 1 is 1.08 bits per heavy atom. The zero-order chi connectivity index (χ0) is 27.1. The van der Waals surface area contributed by atoms with Gasteiger partial charge in [0.1, 0.15) is 10.3 Å². The van der Waals surface area contributed by atoms with Crippen molar-refractivity contribution in [3.05, 3.63) is 90.6 Å². The highest BCUT2D eigenvalue weighted by molar-refractivity contribution is 7.07. The summed E-state index contributed by atoms with van der Waals surface area (Å²) in [6.07, 6.45) is -0.344. The molecule has 1 atom stereocenters. The Labute approximate surface area is 224 Å². The molecule has 1 aromatic heterocycles. The van der Waals surface area contributed by atoms with Gasteiger partial charge in [0.25, 0.3) is 11.5 Å². The fourth-order valence-corrected chi connectivity index (χ4v) is 6.09. The maximum atomic E-state index is 14.1. The van der Waals surface area contributed by atoms with Gasteiger partial charge in [-0.2, -0.15) is 0 Å². The first-order chi connectivity index (χ1) is 18.3. The first kappa shape index (κ1) is 25.7. The molecule has 1 amide bonds. The van der Waals surface area contributed by atoms with E-state index in [0.29, 0.717) is 50.6 Å². The van der Waals surface area contributed by atoms with Gasteiger partial charge in [-0.1, -0.05) is 41.7 Å². The second-order valence-electron chi connectivity index (χ2n) is 9.30. The number of likely N-dealkylation sites (N-methyl/N-ethyl adjacent to an activating group) is 1. The molecule has 5 rings (SSSR count). The van der Waals surface area contributed by atoms with Crippen LogP contribution in [0.25, 0.3) is 5.57 Å². The van der Waals surface area contributed by atoms with E-state index in [4.69, 9.17) is 9.47 Å². The Balaban J connectivity index is 1.78. The minimum atomic E-state index is -0.767. The molecule has 0 N–H and O–H groups in total. The topological polar surface area (TPSA) is 90.2 Å². The van der Waals surface area contributed by atoms with Gasteiger partial charge in [-0.25, -0.2) is 9.79 Å². The molecule has 0 unspecified atom stereocenters. The van der Waals surface area contributed by atoms with Crippen LogP contribution < -0.4 is 24.5 Å². The van der Waals surface area contributed by atoms with Crippen molar-refractivity contribution in [2.75, 3.05) is 18.1 Å². The summed E-state index contributed by atoms with van der Waals surface area (Å²) in [6, 6.07) is 14.0. The van der Waals surface area contributed by atoms with Crippen LogP contribution in [0.3, 0.4) is 0 Å². The third kappa shape index (κ3) is 4.16. The number of thiazole rings is 1. The number of carbonyl (C=O) groups is 2. The first-order valence-corrected chi connectivity index (χ1v) is 13.5. The summed E-state index contributed by atoms with van der Waals surface area (Å²) in [5, 5.41) is 0. The van der Waals surface area contributed by atoms with E-state index in [9.17, 15) is 14.4 Å². The van der Waals surface area contributed by atoms with Gasteiger partial charge >= 0.3 is 5.97 Å². The number of esters is 1. The highest BCUT2D eigenvalue weighted by Gasteiger charge is 2.37. The zero-order valence-electron chi connectivity index (χ0n) is 22.0. The SMILES string of the molecule is CCOc1ccc([C@@H]2C(C(=O)OC(C)C)=C(C)N=c3s/c(=C4\C(=O)N(CC)c5ccccc54)c(=O)n32)cc1. The predicted molar refractivity (Wildman–Crippen MR) is 146 cm³/mol. The van der Waals surface area contributed by atoms with Crippen LogP contribution in [0, 0.1) is 0 Å². The molecule has 2 aliphatic heterocycles. The van der Waals surface area contributed by atoms with E-state index in [0.717, 1.165) is 11.3 Å². The maximum absolute atomic E-state index is 14.1. The number of aromatic nitrogens is 1. The number of anilines is 1. The summed E-state index contributed by atoms with van der Waals surface area (Å²) in [5.41, 5.74) is 2.97. The lowest BCUT2D eigenvalue weighted by molar-refractivity contribution is -0.143. The molecule has 0 bridgehead atoms. The monoisotopic (exact) mass is 531 g/mol. The summed E-state index contributed by atoms with van der Waals surface area (Å²) in [6.45, 7) is 10.1. The number of para-hydroxylation sites is 1. The molecule has 196 valence electrons. The van der Waals surface area contributed by atoms with Crippen molar-refractivity contribution < 1.29 is 19.1 Å². The molecule has 3 aromatic rings. The lowest BCUT2D eigenvalue weighted by Gasteiger charge is -2.25. The first-order valence-electron chi connectivity index (χ1n) is 12.7. The number of allylic oxidation sites excluding steroid dienone is 1. The van der Waals surface area contributed by atoms with Crippen molar-refractivity contribution in [1.29, 1.82) is 0 Å². The third-order valence-electron chi connectivity index (χ3n) is 6.53. The van der Waals surface area contributed by atoms with E-state index < -0.39 is 12.0 Å². The zero-order valence-corrected chi connectivity index (χ0v) is 22.8. The largest absolute Gasteiger partial charge is 0.494 e. The maximum Gasteiger partial charge on any atom is 0.338 e. The van der Waals surface area contributed by atoms with Gasteiger partial charge in [-0.3, -0.25) is 14.2 Å². The van der Waals surface area contributed by atoms with Gasteiger partial charge in [0, 0.05) is 12.1 Å². The van der Waals surface area contributed by atoms with Gasteiger partial charge in [0.15, 0.2) is 4.80 Å². The molecule has 0 saturated heterocycles. The van der Waals surface area contributed by atoms with Gasteiger partial charge in [-0.15, -0.1) is 0 Å². The Kier molecular flexibility index (Phi) is 6.79. The fourth-order valence-electron chi connectivity index (χ4n) is 4.95. The van der Waals surface area contributed by atoms with E-state index in [1.54, 1.807) is 25.7 Å². The Morgan fingerprint density at radius 3 is 2.45 bits per heavy atom. The Hall–Kier alpha value is -3.98. The molecule has 9 heteroatoms. The van der Waals surface area contributed by atoms with E-state index in [1.807, 2.05) is 62.4 Å². The van der Waals surface area contributed by atoms with E-state index >= 15 is 0 Å². The normalized spacial score (nSPS) is 17.9. The van der Waals surface area contributed by atoms with Gasteiger partial charge in [-0.05, 0) is 58.4 Å². The van der Waals surface area contributed by atoms with E-state index in [2.05, 4.69) is 4.99 Å². The van der Waals surface area contributed by atoms with E-state index in [-0.39, 0.29) is 17.6 Å². The van der Waals surface area contributed by atoms with Crippen molar-refractivity contribution in [2.45, 2.75) is 46.8 Å². The summed E-state index contributed by atoms with van der Waals surface area (Å²) < 4.78 is 13.0. The summed E-state index contributed by atoms with van der Waals surface area (Å²) in [4.78, 5) is 47.7. The van der Waals surface area contributed by atoms with Crippen molar-refractivity contribution >= 4 is 34.5 Å². The number of benzene rings is 2. The highest BCUT2D eigenvalue weighted by atomic mass is 32.1. The molecule has 0 fully saturated rings. The number of nitrogens with zero attached hydrogens (tertiary/aromatic N) is 3. The second kappa shape index (κ2) is 10.1. The molecular weight excluding hydrogens is 502 g/mol. The molecule has 3 heterocycles. The van der Waals surface area contributed by atoms with Crippen molar-refractivity contribution in [3.63, 3.8) is 0 Å². The van der Waals surface area contributed by atoms with Crippen LogP contribution in [0.15, 0.2) is 69.6 Å². The number of hydrogen-bond donors (Lipinski definition) is 0. The van der Waals surface area contributed by atoms with Crippen LogP contribution in [0.4, 0.5) is 5.69 Å². The molecule has 38 heavy (non-hydrogen) atoms. The molecule has 0 spiro atoms. The standard InChI is InChI=1S/C29H29N3O5S/c1-6-31-21-11-9-8-10-20(21)23(26(31)33)25-27(34)32-24(18-12-14-19(15-13-18)36-7-2)22(28(35)37-16(3)4)17(5)30-29(32)38-25/h8-16,24H,6-7H2,1-5H3/b25-23-/t24-/m1/s1. The van der Waals surface area contributed by atoms with Gasteiger partial charge in [0.05, 0.1) is 41.3 Å².